The third-order valence-corrected chi connectivity index (χ3v) is 7.82. The van der Waals surface area contributed by atoms with Gasteiger partial charge in [-0.25, -0.2) is 8.42 Å². The van der Waals surface area contributed by atoms with E-state index in [0.29, 0.717) is 25.4 Å². The van der Waals surface area contributed by atoms with Gasteiger partial charge in [-0.2, -0.15) is 4.31 Å². The van der Waals surface area contributed by atoms with Gasteiger partial charge >= 0.3 is 0 Å². The zero-order valence-electron chi connectivity index (χ0n) is 17.6. The van der Waals surface area contributed by atoms with Gasteiger partial charge in [-0.3, -0.25) is 9.69 Å². The first-order valence-corrected chi connectivity index (χ1v) is 12.1. The average Bonchev–Trinajstić information content (AvgIpc) is 3.14. The van der Waals surface area contributed by atoms with Crippen LogP contribution in [-0.2, 0) is 36.3 Å². The highest BCUT2D eigenvalue weighted by Crippen LogP contribution is 2.24. The summed E-state index contributed by atoms with van der Waals surface area (Å²) in [6, 6.07) is 16.3. The van der Waals surface area contributed by atoms with Crippen molar-refractivity contribution < 1.29 is 17.6 Å². The van der Waals surface area contributed by atoms with Crippen LogP contribution >= 0.6 is 0 Å². The minimum atomic E-state index is -3.40. The lowest BCUT2D eigenvalue weighted by atomic mass is 10.1. The Hall–Kier alpha value is -2.94. The monoisotopic (exact) mass is 452 g/mol. The molecule has 1 saturated heterocycles. The Balaban J connectivity index is 1.19. The molecule has 0 amide bonds. The summed E-state index contributed by atoms with van der Waals surface area (Å²) in [5, 5.41) is 0. The summed E-state index contributed by atoms with van der Waals surface area (Å²) in [7, 11) is -3.40. The molecule has 2 aliphatic rings. The van der Waals surface area contributed by atoms with Gasteiger partial charge in [-0.15, -0.1) is 0 Å². The first-order chi connectivity index (χ1) is 15.5. The van der Waals surface area contributed by atoms with Crippen molar-refractivity contribution in [2.24, 2.45) is 0 Å². The number of fused-ring (bicyclic) bond motifs is 1. The molecule has 0 aliphatic carbocycles. The third kappa shape index (κ3) is 4.21. The lowest BCUT2D eigenvalue weighted by molar-refractivity contribution is 0.241. The Kier molecular flexibility index (Phi) is 5.58. The second-order valence-corrected chi connectivity index (χ2v) is 10.1. The van der Waals surface area contributed by atoms with Gasteiger partial charge in [0.2, 0.25) is 21.2 Å². The number of benzene rings is 2. The van der Waals surface area contributed by atoms with Crippen LogP contribution in [0.1, 0.15) is 28.9 Å². The molecule has 1 fully saturated rings. The topological polar surface area (TPSA) is 80.1 Å². The molecular weight excluding hydrogens is 428 g/mol. The zero-order valence-corrected chi connectivity index (χ0v) is 18.4. The molecular formula is C24H24N2O5S. The number of sulfonamides is 1. The summed E-state index contributed by atoms with van der Waals surface area (Å²) >= 11 is 0. The maximum Gasteiger partial charge on any atom is 0.243 e. The maximum absolute atomic E-state index is 12.5. The Morgan fingerprint density at radius 2 is 1.66 bits per heavy atom. The van der Waals surface area contributed by atoms with E-state index in [0.717, 1.165) is 25.1 Å². The Bertz CT molecular complexity index is 1260. The van der Waals surface area contributed by atoms with Crippen molar-refractivity contribution in [2.45, 2.75) is 37.6 Å². The maximum atomic E-state index is 12.5. The lowest BCUT2D eigenvalue weighted by Gasteiger charge is -2.29. The molecule has 0 spiro atoms. The van der Waals surface area contributed by atoms with Crippen LogP contribution in [0, 0.1) is 0 Å². The van der Waals surface area contributed by atoms with Crippen molar-refractivity contribution in [1.82, 2.24) is 9.21 Å². The number of hydrogen-bond acceptors (Lipinski definition) is 6. The van der Waals surface area contributed by atoms with Crippen molar-refractivity contribution in [3.63, 3.8) is 0 Å². The Morgan fingerprint density at radius 3 is 2.25 bits per heavy atom. The molecule has 8 heteroatoms. The van der Waals surface area contributed by atoms with Crippen LogP contribution < -0.4 is 10.2 Å². The molecule has 0 atom stereocenters. The van der Waals surface area contributed by atoms with E-state index in [1.807, 2.05) is 12.1 Å². The fourth-order valence-electron chi connectivity index (χ4n) is 3.96. The van der Waals surface area contributed by atoms with Crippen molar-refractivity contribution in [2.75, 3.05) is 13.1 Å². The van der Waals surface area contributed by atoms with Crippen LogP contribution in [0.2, 0.25) is 0 Å². The van der Waals surface area contributed by atoms with Gasteiger partial charge < -0.3 is 9.15 Å². The second-order valence-electron chi connectivity index (χ2n) is 8.18. The SMILES string of the molecule is O=c1cc(CN2Cc3ccccc3C2)occ1OCc1ccc(S(=O)(=O)N2CCC2)cc1. The molecule has 0 saturated carbocycles. The van der Waals surface area contributed by atoms with Crippen molar-refractivity contribution in [3.8, 4) is 5.75 Å². The minimum absolute atomic E-state index is 0.135. The first-order valence-electron chi connectivity index (χ1n) is 10.6. The van der Waals surface area contributed by atoms with Crippen molar-refractivity contribution >= 4 is 10.0 Å². The van der Waals surface area contributed by atoms with E-state index in [1.54, 1.807) is 24.3 Å². The molecule has 0 radical (unpaired) electrons. The van der Waals surface area contributed by atoms with E-state index in [-0.39, 0.29) is 22.7 Å². The smallest absolute Gasteiger partial charge is 0.243 e. The predicted molar refractivity (Wildman–Crippen MR) is 119 cm³/mol. The van der Waals surface area contributed by atoms with Gasteiger partial charge in [-0.05, 0) is 35.2 Å². The van der Waals surface area contributed by atoms with E-state index in [2.05, 4.69) is 17.0 Å². The van der Waals surface area contributed by atoms with Crippen molar-refractivity contribution in [1.29, 1.82) is 0 Å². The van der Waals surface area contributed by atoms with Gasteiger partial charge in [0.15, 0.2) is 0 Å². The Morgan fingerprint density at radius 1 is 0.969 bits per heavy atom. The quantitative estimate of drug-likeness (QED) is 0.548. The molecule has 5 rings (SSSR count). The second kappa shape index (κ2) is 8.54. The number of rotatable bonds is 7. The average molecular weight is 453 g/mol. The van der Waals surface area contributed by atoms with Crippen LogP contribution in [0.3, 0.4) is 0 Å². The molecule has 1 aromatic heterocycles. The standard InChI is InChI=1S/C24H24N2O5S/c27-23-12-21(15-25-13-19-4-1-2-5-20(19)14-25)30-17-24(23)31-16-18-6-8-22(9-7-18)32(28,29)26-10-3-11-26/h1-2,4-9,12,17H,3,10-11,13-16H2. The minimum Gasteiger partial charge on any atom is -0.482 e. The molecule has 3 heterocycles. The fraction of sp³-hybridized carbons (Fsp3) is 0.292. The molecule has 32 heavy (non-hydrogen) atoms. The molecule has 7 nitrogen and oxygen atoms in total. The first kappa shape index (κ1) is 20.9. The number of nitrogens with zero attached hydrogens (tertiary/aromatic N) is 2. The van der Waals surface area contributed by atoms with Crippen LogP contribution in [-0.4, -0.2) is 30.7 Å². The van der Waals surface area contributed by atoms with Crippen LogP contribution in [0.4, 0.5) is 0 Å². The summed E-state index contributed by atoms with van der Waals surface area (Å²) in [5.41, 5.74) is 3.14. The summed E-state index contributed by atoms with van der Waals surface area (Å²) in [6.45, 7) is 3.52. The molecule has 0 unspecified atom stereocenters. The highest BCUT2D eigenvalue weighted by Gasteiger charge is 2.29. The van der Waals surface area contributed by atoms with E-state index in [1.165, 1.54) is 27.8 Å². The number of hydrogen-bond donors (Lipinski definition) is 0. The fourth-order valence-corrected chi connectivity index (χ4v) is 5.48. The highest BCUT2D eigenvalue weighted by atomic mass is 32.2. The zero-order chi connectivity index (χ0) is 22.1. The normalized spacial score (nSPS) is 16.5. The molecule has 2 aliphatic heterocycles. The molecule has 2 aromatic carbocycles. The Labute approximate surface area is 186 Å². The summed E-state index contributed by atoms with van der Waals surface area (Å²) in [6.07, 6.45) is 2.25. The van der Waals surface area contributed by atoms with Gasteiger partial charge in [-0.1, -0.05) is 36.4 Å². The molecule has 0 bridgehead atoms. The largest absolute Gasteiger partial charge is 0.482 e. The van der Waals surface area contributed by atoms with E-state index in [9.17, 15) is 13.2 Å². The van der Waals surface area contributed by atoms with E-state index in [4.69, 9.17) is 9.15 Å². The van der Waals surface area contributed by atoms with Gasteiger partial charge in [0.1, 0.15) is 18.6 Å². The van der Waals surface area contributed by atoms with Crippen molar-refractivity contribution in [3.05, 3.63) is 93.5 Å². The molecule has 0 N–H and O–H groups in total. The summed E-state index contributed by atoms with van der Waals surface area (Å²) in [5.74, 6) is 0.728. The summed E-state index contributed by atoms with van der Waals surface area (Å²) in [4.78, 5) is 15.0. The number of ether oxygens (including phenoxy) is 1. The van der Waals surface area contributed by atoms with Crippen LogP contribution in [0.15, 0.2) is 75.0 Å². The third-order valence-electron chi connectivity index (χ3n) is 5.91. The predicted octanol–water partition coefficient (Wildman–Crippen LogP) is 3.13. The van der Waals surface area contributed by atoms with Crippen LogP contribution in [0.25, 0.3) is 0 Å². The highest BCUT2D eigenvalue weighted by molar-refractivity contribution is 7.89. The van der Waals surface area contributed by atoms with E-state index < -0.39 is 10.0 Å². The van der Waals surface area contributed by atoms with Gasteiger partial charge in [0.05, 0.1) is 11.4 Å². The van der Waals surface area contributed by atoms with Crippen LogP contribution in [0.5, 0.6) is 5.75 Å². The van der Waals surface area contributed by atoms with E-state index >= 15 is 0 Å². The summed E-state index contributed by atoms with van der Waals surface area (Å²) < 4.78 is 37.5. The van der Waals surface area contributed by atoms with Gasteiger partial charge in [0, 0.05) is 32.2 Å². The molecule has 166 valence electrons. The molecule has 3 aromatic rings. The lowest BCUT2D eigenvalue weighted by Crippen LogP contribution is -2.41. The van der Waals surface area contributed by atoms with Gasteiger partial charge in [0.25, 0.3) is 0 Å².